The molecular weight excluding hydrogens is 270 g/mol. The van der Waals surface area contributed by atoms with Gasteiger partial charge in [0.25, 0.3) is 0 Å². The summed E-state index contributed by atoms with van der Waals surface area (Å²) in [6, 6.07) is 20.3. The van der Waals surface area contributed by atoms with Crippen LogP contribution in [0.5, 0.6) is 0 Å². The third-order valence-corrected chi connectivity index (χ3v) is 3.48. The second-order valence-electron chi connectivity index (χ2n) is 5.30. The number of anilines is 2. The van der Waals surface area contributed by atoms with Gasteiger partial charge in [0.05, 0.1) is 0 Å². The molecule has 0 radical (unpaired) electrons. The first-order valence-corrected chi connectivity index (χ1v) is 8.12. The van der Waals surface area contributed by atoms with E-state index < -0.39 is 0 Å². The van der Waals surface area contributed by atoms with Crippen LogP contribution >= 0.6 is 0 Å². The number of aldehydes is 1. The normalized spacial score (nSPS) is 11.0. The van der Waals surface area contributed by atoms with Crippen molar-refractivity contribution in [2.24, 2.45) is 5.92 Å². The molecule has 0 fully saturated rings. The highest BCUT2D eigenvalue weighted by molar-refractivity contribution is 5.58. The summed E-state index contributed by atoms with van der Waals surface area (Å²) in [7, 11) is 0. The molecule has 0 saturated carbocycles. The summed E-state index contributed by atoms with van der Waals surface area (Å²) in [6.07, 6.45) is 5.55. The third-order valence-electron chi connectivity index (χ3n) is 3.48. The molecule has 0 spiro atoms. The van der Waals surface area contributed by atoms with E-state index in [2.05, 4.69) is 19.2 Å². The average molecular weight is 297 g/mol. The summed E-state index contributed by atoms with van der Waals surface area (Å²) >= 11 is 0. The number of benzene rings is 2. The van der Waals surface area contributed by atoms with E-state index in [4.69, 9.17) is 0 Å². The van der Waals surface area contributed by atoms with Crippen LogP contribution in [0.25, 0.3) is 0 Å². The number of carbonyl (C=O) groups is 1. The Balaban J connectivity index is 0.000000239. The number of hydrogen-bond donors (Lipinski definition) is 1. The molecule has 0 aliphatic carbocycles. The van der Waals surface area contributed by atoms with Crippen LogP contribution in [0.2, 0.25) is 0 Å². The van der Waals surface area contributed by atoms with Gasteiger partial charge in [-0.25, -0.2) is 0 Å². The molecule has 0 heterocycles. The van der Waals surface area contributed by atoms with Crippen LogP contribution in [0.3, 0.4) is 0 Å². The van der Waals surface area contributed by atoms with Gasteiger partial charge in [-0.2, -0.15) is 0 Å². The van der Waals surface area contributed by atoms with Crippen molar-refractivity contribution in [3.63, 3.8) is 0 Å². The maximum Gasteiger partial charge on any atom is 0.123 e. The standard InChI is InChI=1S/C12H11N.C8H16O/c1-3-7-11(8-4-1)13-12-9-5-2-6-10-12;1-3-5-6-8(4-2)7-9/h1-10,13H;7-8H,3-6H2,1-2H3. The lowest BCUT2D eigenvalue weighted by Crippen LogP contribution is -1.98. The molecule has 2 rings (SSSR count). The fraction of sp³-hybridized carbons (Fsp3) is 0.350. The highest BCUT2D eigenvalue weighted by Crippen LogP contribution is 2.14. The van der Waals surface area contributed by atoms with Crippen molar-refractivity contribution in [2.45, 2.75) is 39.5 Å². The van der Waals surface area contributed by atoms with Crippen LogP contribution < -0.4 is 5.32 Å². The zero-order chi connectivity index (χ0) is 16.0. The lowest BCUT2D eigenvalue weighted by atomic mass is 10.0. The fourth-order valence-corrected chi connectivity index (χ4v) is 2.04. The Kier molecular flexibility index (Phi) is 9.43. The van der Waals surface area contributed by atoms with E-state index in [9.17, 15) is 4.79 Å². The number of unbranched alkanes of at least 4 members (excludes halogenated alkanes) is 1. The minimum atomic E-state index is 0.324. The summed E-state index contributed by atoms with van der Waals surface area (Å²) in [5.74, 6) is 0.324. The molecule has 118 valence electrons. The molecule has 2 aromatic carbocycles. The van der Waals surface area contributed by atoms with E-state index in [0.717, 1.165) is 30.5 Å². The van der Waals surface area contributed by atoms with Crippen LogP contribution in [0.1, 0.15) is 39.5 Å². The van der Waals surface area contributed by atoms with Gasteiger partial charge in [-0.3, -0.25) is 0 Å². The maximum atomic E-state index is 10.2. The summed E-state index contributed by atoms with van der Waals surface area (Å²) in [4.78, 5) is 10.2. The number of hydrogen-bond acceptors (Lipinski definition) is 2. The van der Waals surface area contributed by atoms with Crippen LogP contribution in [0.4, 0.5) is 11.4 Å². The van der Waals surface area contributed by atoms with E-state index in [1.807, 2.05) is 60.7 Å². The Hall–Kier alpha value is -2.09. The van der Waals surface area contributed by atoms with Gasteiger partial charge in [-0.15, -0.1) is 0 Å². The van der Waals surface area contributed by atoms with Crippen molar-refractivity contribution < 1.29 is 4.79 Å². The molecule has 2 heteroatoms. The Morgan fingerprint density at radius 1 is 0.909 bits per heavy atom. The number of nitrogens with one attached hydrogen (secondary N) is 1. The first-order chi connectivity index (χ1) is 10.8. The van der Waals surface area contributed by atoms with Crippen LogP contribution in [0, 0.1) is 5.92 Å². The minimum Gasteiger partial charge on any atom is -0.356 e. The predicted molar refractivity (Wildman–Crippen MR) is 95.5 cm³/mol. The molecule has 2 nitrogen and oxygen atoms in total. The van der Waals surface area contributed by atoms with Crippen molar-refractivity contribution in [2.75, 3.05) is 5.32 Å². The SMILES string of the molecule is CCCCC(C=O)CC.c1ccc(Nc2ccccc2)cc1. The summed E-state index contributed by atoms with van der Waals surface area (Å²) in [6.45, 7) is 4.21. The van der Waals surface area contributed by atoms with Crippen molar-refractivity contribution in [1.29, 1.82) is 0 Å². The maximum absolute atomic E-state index is 10.2. The fourth-order valence-electron chi connectivity index (χ4n) is 2.04. The van der Waals surface area contributed by atoms with Gasteiger partial charge in [0, 0.05) is 17.3 Å². The van der Waals surface area contributed by atoms with Crippen LogP contribution in [-0.4, -0.2) is 6.29 Å². The number of carbonyl (C=O) groups excluding carboxylic acids is 1. The molecule has 1 atom stereocenters. The molecule has 2 aromatic rings. The van der Waals surface area contributed by atoms with E-state index in [0.29, 0.717) is 5.92 Å². The van der Waals surface area contributed by atoms with Crippen molar-refractivity contribution in [3.05, 3.63) is 60.7 Å². The molecule has 0 aromatic heterocycles. The van der Waals surface area contributed by atoms with Gasteiger partial charge >= 0.3 is 0 Å². The van der Waals surface area contributed by atoms with Crippen molar-refractivity contribution in [3.8, 4) is 0 Å². The zero-order valence-electron chi connectivity index (χ0n) is 13.7. The smallest absolute Gasteiger partial charge is 0.123 e. The second-order valence-corrected chi connectivity index (χ2v) is 5.30. The zero-order valence-corrected chi connectivity index (χ0v) is 13.7. The Labute approximate surface area is 134 Å². The lowest BCUT2D eigenvalue weighted by Gasteiger charge is -2.04. The summed E-state index contributed by atoms with van der Waals surface area (Å²) in [5, 5.41) is 3.30. The molecule has 0 amide bonds. The first kappa shape index (κ1) is 18.0. The van der Waals surface area contributed by atoms with E-state index >= 15 is 0 Å². The minimum absolute atomic E-state index is 0.324. The summed E-state index contributed by atoms with van der Waals surface area (Å²) < 4.78 is 0. The Morgan fingerprint density at radius 3 is 1.77 bits per heavy atom. The highest BCUT2D eigenvalue weighted by atomic mass is 16.1. The molecule has 22 heavy (non-hydrogen) atoms. The summed E-state index contributed by atoms with van der Waals surface area (Å²) in [5.41, 5.74) is 2.24. The molecule has 0 aliphatic heterocycles. The molecule has 0 bridgehead atoms. The quantitative estimate of drug-likeness (QED) is 0.651. The van der Waals surface area contributed by atoms with E-state index in [1.165, 1.54) is 12.8 Å². The average Bonchev–Trinajstić information content (AvgIpc) is 2.58. The number of rotatable bonds is 7. The van der Waals surface area contributed by atoms with Crippen molar-refractivity contribution >= 4 is 17.7 Å². The third kappa shape index (κ3) is 7.63. The van der Waals surface area contributed by atoms with Gasteiger partial charge in [-0.1, -0.05) is 63.1 Å². The predicted octanol–water partition coefficient (Wildman–Crippen LogP) is 5.83. The largest absolute Gasteiger partial charge is 0.356 e. The van der Waals surface area contributed by atoms with Gasteiger partial charge in [0.1, 0.15) is 6.29 Å². The lowest BCUT2D eigenvalue weighted by molar-refractivity contribution is -0.111. The number of para-hydroxylation sites is 2. The molecule has 0 saturated heterocycles. The Morgan fingerprint density at radius 2 is 1.41 bits per heavy atom. The van der Waals surface area contributed by atoms with Crippen LogP contribution in [0.15, 0.2) is 60.7 Å². The topological polar surface area (TPSA) is 29.1 Å². The molecule has 1 N–H and O–H groups in total. The van der Waals surface area contributed by atoms with Gasteiger partial charge in [0.2, 0.25) is 0 Å². The van der Waals surface area contributed by atoms with Gasteiger partial charge in [-0.05, 0) is 37.1 Å². The van der Waals surface area contributed by atoms with Gasteiger partial charge < -0.3 is 10.1 Å². The highest BCUT2D eigenvalue weighted by Gasteiger charge is 2.01. The van der Waals surface area contributed by atoms with E-state index in [1.54, 1.807) is 0 Å². The van der Waals surface area contributed by atoms with Crippen molar-refractivity contribution in [1.82, 2.24) is 0 Å². The molecule has 0 aliphatic rings. The van der Waals surface area contributed by atoms with E-state index in [-0.39, 0.29) is 0 Å². The monoisotopic (exact) mass is 297 g/mol. The van der Waals surface area contributed by atoms with Crippen LogP contribution in [-0.2, 0) is 4.79 Å². The Bertz CT molecular complexity index is 458. The first-order valence-electron chi connectivity index (χ1n) is 8.12. The molecule has 1 unspecified atom stereocenters. The molecular formula is C20H27NO. The second kappa shape index (κ2) is 11.6. The van der Waals surface area contributed by atoms with Gasteiger partial charge in [0.15, 0.2) is 0 Å².